The summed E-state index contributed by atoms with van der Waals surface area (Å²) in [5.74, 6) is 0. The Kier molecular flexibility index (Phi) is 6.33. The summed E-state index contributed by atoms with van der Waals surface area (Å²) < 4.78 is 7.24. The number of anilines is 3. The van der Waals surface area contributed by atoms with E-state index in [4.69, 9.17) is 4.42 Å². The van der Waals surface area contributed by atoms with Crippen LogP contribution in [0.4, 0.5) is 17.1 Å². The van der Waals surface area contributed by atoms with Crippen LogP contribution in [0.5, 0.6) is 0 Å². The Balaban J connectivity index is 1.25. The highest BCUT2D eigenvalue weighted by Crippen LogP contribution is 2.53. The van der Waals surface area contributed by atoms with Crippen LogP contribution in [-0.2, 0) is 5.41 Å². The van der Waals surface area contributed by atoms with E-state index in [1.807, 2.05) is 0 Å². The van der Waals surface area contributed by atoms with Crippen molar-refractivity contribution in [2.24, 2.45) is 0 Å². The average Bonchev–Trinajstić information content (AvgIpc) is 3.69. The molecule has 11 rings (SSSR count). The molecule has 9 aromatic carbocycles. The van der Waals surface area contributed by atoms with Crippen LogP contribution in [0.1, 0.15) is 25.0 Å². The lowest BCUT2D eigenvalue weighted by molar-refractivity contribution is 0.660. The van der Waals surface area contributed by atoms with Crippen molar-refractivity contribution >= 4 is 71.3 Å². The van der Waals surface area contributed by atoms with Crippen molar-refractivity contribution in [3.63, 3.8) is 0 Å². The molecule has 2 nitrogen and oxygen atoms in total. The van der Waals surface area contributed by atoms with Crippen LogP contribution in [0.3, 0.4) is 0 Å². The van der Waals surface area contributed by atoms with Crippen molar-refractivity contribution in [2.45, 2.75) is 19.3 Å². The van der Waals surface area contributed by atoms with Gasteiger partial charge >= 0.3 is 0 Å². The quantitative estimate of drug-likeness (QED) is 0.172. The van der Waals surface area contributed by atoms with E-state index >= 15 is 0 Å². The Bertz CT molecular complexity index is 3090. The number of benzene rings is 9. The van der Waals surface area contributed by atoms with Crippen LogP contribution >= 0.6 is 0 Å². The summed E-state index contributed by atoms with van der Waals surface area (Å²) in [5, 5.41) is 9.48. The molecule has 0 amide bonds. The Morgan fingerprint density at radius 1 is 0.415 bits per heavy atom. The molecule has 0 spiro atoms. The molecule has 1 heterocycles. The molecule has 0 saturated heterocycles. The summed E-state index contributed by atoms with van der Waals surface area (Å²) in [4.78, 5) is 2.45. The van der Waals surface area contributed by atoms with Gasteiger partial charge in [-0.2, -0.15) is 0 Å². The van der Waals surface area contributed by atoms with E-state index in [0.717, 1.165) is 50.1 Å². The van der Waals surface area contributed by atoms with Gasteiger partial charge in [-0.25, -0.2) is 0 Å². The topological polar surface area (TPSA) is 16.4 Å². The van der Waals surface area contributed by atoms with Gasteiger partial charge in [0.15, 0.2) is 5.58 Å². The number of fused-ring (bicyclic) bond motifs is 10. The number of rotatable bonds is 4. The Morgan fingerprint density at radius 3 is 1.89 bits per heavy atom. The standard InChI is InChI=1S/C51H35NO/c1-51(2)44-25-13-12-22-39(44)40-28-27-35(31-45(40)51)52(47-30-34-18-6-8-19-36(34)38-21-10-11-23-41(38)47)46-26-14-24-42-43-29-33-17-7-9-20-37(33)48(50(43)53-49(42)46)32-15-4-3-5-16-32/h3-31H,1-2H3. The summed E-state index contributed by atoms with van der Waals surface area (Å²) in [5.41, 5.74) is 12.5. The van der Waals surface area contributed by atoms with Crippen LogP contribution in [0.25, 0.3) is 76.5 Å². The van der Waals surface area contributed by atoms with Gasteiger partial charge in [-0.3, -0.25) is 0 Å². The number of hydrogen-bond donors (Lipinski definition) is 0. The monoisotopic (exact) mass is 677 g/mol. The lowest BCUT2D eigenvalue weighted by Crippen LogP contribution is -2.16. The summed E-state index contributed by atoms with van der Waals surface area (Å²) in [6.07, 6.45) is 0. The van der Waals surface area contributed by atoms with Crippen LogP contribution in [0, 0.1) is 0 Å². The predicted molar refractivity (Wildman–Crippen MR) is 224 cm³/mol. The number of para-hydroxylation sites is 1. The van der Waals surface area contributed by atoms with Gasteiger partial charge in [-0.1, -0.05) is 159 Å². The normalized spacial score (nSPS) is 13.2. The second kappa shape index (κ2) is 11.2. The van der Waals surface area contributed by atoms with Crippen LogP contribution in [-0.4, -0.2) is 0 Å². The second-order valence-electron chi connectivity index (χ2n) is 14.9. The molecule has 0 aliphatic heterocycles. The molecule has 0 fully saturated rings. The maximum absolute atomic E-state index is 7.24. The van der Waals surface area contributed by atoms with Gasteiger partial charge in [0, 0.05) is 32.8 Å². The molecule has 2 heteroatoms. The second-order valence-corrected chi connectivity index (χ2v) is 14.9. The zero-order valence-electron chi connectivity index (χ0n) is 29.6. The number of hydrogen-bond acceptors (Lipinski definition) is 2. The van der Waals surface area contributed by atoms with Gasteiger partial charge in [-0.05, 0) is 85.1 Å². The molecule has 0 N–H and O–H groups in total. The zero-order valence-corrected chi connectivity index (χ0v) is 29.6. The first-order valence-electron chi connectivity index (χ1n) is 18.4. The summed E-state index contributed by atoms with van der Waals surface area (Å²) in [6.45, 7) is 4.71. The zero-order chi connectivity index (χ0) is 35.3. The van der Waals surface area contributed by atoms with Gasteiger partial charge in [0.25, 0.3) is 0 Å². The minimum absolute atomic E-state index is 0.144. The van der Waals surface area contributed by atoms with Gasteiger partial charge in [0.1, 0.15) is 5.58 Å². The molecule has 250 valence electrons. The highest BCUT2D eigenvalue weighted by molar-refractivity contribution is 6.21. The third-order valence-corrected chi connectivity index (χ3v) is 11.6. The fraction of sp³-hybridized carbons (Fsp3) is 0.0588. The van der Waals surface area contributed by atoms with E-state index in [1.54, 1.807) is 0 Å². The largest absolute Gasteiger partial charge is 0.453 e. The molecule has 0 saturated carbocycles. The Hall–Kier alpha value is -6.64. The maximum atomic E-state index is 7.24. The lowest BCUT2D eigenvalue weighted by atomic mass is 9.82. The third kappa shape index (κ3) is 4.33. The molecule has 0 radical (unpaired) electrons. The molecule has 1 aliphatic rings. The van der Waals surface area contributed by atoms with E-state index in [0.29, 0.717) is 0 Å². The van der Waals surface area contributed by atoms with Gasteiger partial charge in [-0.15, -0.1) is 0 Å². The molecular weight excluding hydrogens is 643 g/mol. The molecule has 0 atom stereocenters. The van der Waals surface area contributed by atoms with E-state index in [1.165, 1.54) is 54.6 Å². The summed E-state index contributed by atoms with van der Waals surface area (Å²) in [6, 6.07) is 64.1. The molecule has 0 bridgehead atoms. The van der Waals surface area contributed by atoms with Crippen LogP contribution < -0.4 is 4.90 Å². The fourth-order valence-electron chi connectivity index (χ4n) is 9.11. The lowest BCUT2D eigenvalue weighted by Gasteiger charge is -2.29. The Labute approximate surface area is 308 Å². The maximum Gasteiger partial charge on any atom is 0.159 e. The van der Waals surface area contributed by atoms with E-state index in [9.17, 15) is 0 Å². The van der Waals surface area contributed by atoms with Crippen molar-refractivity contribution in [3.05, 3.63) is 187 Å². The molecular formula is C51H35NO. The first-order chi connectivity index (χ1) is 26.1. The van der Waals surface area contributed by atoms with Crippen molar-refractivity contribution in [1.29, 1.82) is 0 Å². The number of furan rings is 1. The van der Waals surface area contributed by atoms with Crippen LogP contribution in [0.2, 0.25) is 0 Å². The molecule has 0 unspecified atom stereocenters. The first-order valence-corrected chi connectivity index (χ1v) is 18.4. The molecule has 1 aliphatic carbocycles. The first kappa shape index (κ1) is 30.0. The predicted octanol–water partition coefficient (Wildman–Crippen LogP) is 14.5. The van der Waals surface area contributed by atoms with Crippen LogP contribution in [0.15, 0.2) is 180 Å². The van der Waals surface area contributed by atoms with Gasteiger partial charge in [0.2, 0.25) is 0 Å². The van der Waals surface area contributed by atoms with Crippen molar-refractivity contribution in [2.75, 3.05) is 4.90 Å². The van der Waals surface area contributed by atoms with E-state index < -0.39 is 0 Å². The van der Waals surface area contributed by atoms with Crippen molar-refractivity contribution in [1.82, 2.24) is 0 Å². The summed E-state index contributed by atoms with van der Waals surface area (Å²) in [7, 11) is 0. The molecule has 1 aromatic heterocycles. The summed E-state index contributed by atoms with van der Waals surface area (Å²) >= 11 is 0. The van der Waals surface area contributed by atoms with E-state index in [2.05, 4.69) is 195 Å². The van der Waals surface area contributed by atoms with Gasteiger partial charge < -0.3 is 9.32 Å². The van der Waals surface area contributed by atoms with Gasteiger partial charge in [0.05, 0.1) is 11.4 Å². The minimum atomic E-state index is -0.144. The highest BCUT2D eigenvalue weighted by Gasteiger charge is 2.36. The average molecular weight is 678 g/mol. The smallest absolute Gasteiger partial charge is 0.159 e. The number of nitrogens with zero attached hydrogens (tertiary/aromatic N) is 1. The molecule has 53 heavy (non-hydrogen) atoms. The van der Waals surface area contributed by atoms with Crippen molar-refractivity contribution < 1.29 is 4.42 Å². The minimum Gasteiger partial charge on any atom is -0.453 e. The fourth-order valence-corrected chi connectivity index (χ4v) is 9.11. The van der Waals surface area contributed by atoms with E-state index in [-0.39, 0.29) is 5.41 Å². The SMILES string of the molecule is CC1(C)c2ccccc2-c2ccc(N(c3cc4ccccc4c4ccccc34)c3cccc4c3oc3c(-c5ccccc5)c5ccccc5cc34)cc21. The molecule has 10 aromatic rings. The Morgan fingerprint density at radius 2 is 1.06 bits per heavy atom. The highest BCUT2D eigenvalue weighted by atomic mass is 16.3. The van der Waals surface area contributed by atoms with Crippen molar-refractivity contribution in [3.8, 4) is 22.3 Å². The third-order valence-electron chi connectivity index (χ3n) is 11.6.